The van der Waals surface area contributed by atoms with E-state index >= 15 is 0 Å². The van der Waals surface area contributed by atoms with Crippen molar-refractivity contribution in [2.24, 2.45) is 0 Å². The van der Waals surface area contributed by atoms with Crippen LogP contribution < -0.4 is 16.0 Å². The Labute approximate surface area is 228 Å². The normalized spacial score (nSPS) is 11.4. The molecule has 4 aromatic rings. The van der Waals surface area contributed by atoms with E-state index in [1.54, 1.807) is 26.2 Å². The summed E-state index contributed by atoms with van der Waals surface area (Å²) in [4.78, 5) is 30.7. The number of hydrogen-bond donors (Lipinski definition) is 4. The number of nitrogens with one attached hydrogen (secondary N) is 4. The predicted molar refractivity (Wildman–Crippen MR) is 156 cm³/mol. The van der Waals surface area contributed by atoms with Gasteiger partial charge in [0.2, 0.25) is 5.91 Å². The first kappa shape index (κ1) is 27.4. The van der Waals surface area contributed by atoms with Crippen LogP contribution in [-0.2, 0) is 4.79 Å². The fourth-order valence-electron chi connectivity index (χ4n) is 4.35. The summed E-state index contributed by atoms with van der Waals surface area (Å²) in [5.74, 6) is 6.56. The van der Waals surface area contributed by atoms with Gasteiger partial charge in [-0.3, -0.25) is 9.78 Å². The average Bonchev–Trinajstić information content (AvgIpc) is 2.94. The van der Waals surface area contributed by atoms with Crippen molar-refractivity contribution >= 4 is 33.9 Å². The molecule has 0 spiro atoms. The summed E-state index contributed by atoms with van der Waals surface area (Å²) < 4.78 is 0. The van der Waals surface area contributed by atoms with E-state index in [1.165, 1.54) is 6.33 Å². The van der Waals surface area contributed by atoms with Crippen LogP contribution in [0.1, 0.15) is 49.8 Å². The summed E-state index contributed by atoms with van der Waals surface area (Å²) in [6.07, 6.45) is 3.86. The van der Waals surface area contributed by atoms with Crippen LogP contribution >= 0.6 is 0 Å². The third kappa shape index (κ3) is 6.25. The number of carbonyl (C=O) groups is 1. The molecule has 3 heterocycles. The van der Waals surface area contributed by atoms with Gasteiger partial charge in [-0.2, -0.15) is 0 Å². The van der Waals surface area contributed by atoms with Crippen LogP contribution in [0.25, 0.3) is 22.0 Å². The number of aromatic nitrogens is 4. The Balaban J connectivity index is 1.80. The molecule has 3 aromatic heterocycles. The quantitative estimate of drug-likeness (QED) is 0.198. The second-order valence-electron chi connectivity index (χ2n) is 9.04. The number of pyridine rings is 2. The Kier molecular flexibility index (Phi) is 8.59. The lowest BCUT2D eigenvalue weighted by molar-refractivity contribution is -0.118. The average molecular weight is 521 g/mol. The number of amides is 1. The molecule has 1 atom stereocenters. The number of benzene rings is 1. The number of aryl methyl sites for hydroxylation is 1. The van der Waals surface area contributed by atoms with Crippen molar-refractivity contribution in [1.82, 2.24) is 25.3 Å². The standard InChI is InChI=1S/C30H32N8O/c1-6-25(33-7-2)30(39)38-26-16-22(28-29(32-5)27(18(3)31)35-17-36-28)15-23(37-26)10-8-20-9-11-24-19(4)34-13-12-21(24)14-20/h9,11-17,25,31-33H,6-7H2,1-5H3,(H,37,38,39). The van der Waals surface area contributed by atoms with Crippen molar-refractivity contribution < 1.29 is 4.79 Å². The van der Waals surface area contributed by atoms with Crippen molar-refractivity contribution in [3.8, 4) is 23.1 Å². The Morgan fingerprint density at radius 1 is 1.08 bits per heavy atom. The number of rotatable bonds is 8. The van der Waals surface area contributed by atoms with Gasteiger partial charge in [-0.1, -0.05) is 25.8 Å². The highest BCUT2D eigenvalue weighted by molar-refractivity contribution is 6.02. The Bertz CT molecular complexity index is 1600. The van der Waals surface area contributed by atoms with Crippen molar-refractivity contribution in [3.05, 3.63) is 71.6 Å². The molecule has 4 N–H and O–H groups in total. The third-order valence-corrected chi connectivity index (χ3v) is 6.28. The van der Waals surface area contributed by atoms with Crippen LogP contribution in [0.5, 0.6) is 0 Å². The van der Waals surface area contributed by atoms with E-state index in [-0.39, 0.29) is 11.9 Å². The van der Waals surface area contributed by atoms with E-state index in [0.29, 0.717) is 52.8 Å². The summed E-state index contributed by atoms with van der Waals surface area (Å²) in [7, 11) is 1.76. The number of carbonyl (C=O) groups excluding carboxylic acids is 1. The van der Waals surface area contributed by atoms with Gasteiger partial charge in [-0.25, -0.2) is 15.0 Å². The van der Waals surface area contributed by atoms with Gasteiger partial charge in [-0.05, 0) is 68.5 Å². The van der Waals surface area contributed by atoms with Gasteiger partial charge in [0.25, 0.3) is 0 Å². The van der Waals surface area contributed by atoms with Crippen LogP contribution in [0.4, 0.5) is 11.5 Å². The molecule has 0 saturated carbocycles. The Morgan fingerprint density at radius 3 is 2.62 bits per heavy atom. The molecule has 1 unspecified atom stereocenters. The molecule has 0 aliphatic heterocycles. The zero-order valence-electron chi connectivity index (χ0n) is 22.8. The van der Waals surface area contributed by atoms with E-state index in [0.717, 1.165) is 22.0 Å². The van der Waals surface area contributed by atoms with E-state index in [1.807, 2.05) is 51.1 Å². The summed E-state index contributed by atoms with van der Waals surface area (Å²) in [5.41, 5.74) is 4.97. The lowest BCUT2D eigenvalue weighted by atomic mass is 10.1. The van der Waals surface area contributed by atoms with E-state index in [2.05, 4.69) is 47.7 Å². The van der Waals surface area contributed by atoms with Crippen molar-refractivity contribution in [1.29, 1.82) is 5.41 Å². The molecule has 0 aliphatic carbocycles. The van der Waals surface area contributed by atoms with Crippen LogP contribution in [0.3, 0.4) is 0 Å². The zero-order chi connectivity index (χ0) is 27.9. The van der Waals surface area contributed by atoms with Crippen LogP contribution in [0, 0.1) is 24.2 Å². The molecule has 39 heavy (non-hydrogen) atoms. The molecule has 0 saturated heterocycles. The minimum absolute atomic E-state index is 0.172. The predicted octanol–water partition coefficient (Wildman–Crippen LogP) is 4.55. The molecule has 9 heteroatoms. The van der Waals surface area contributed by atoms with Crippen molar-refractivity contribution in [3.63, 3.8) is 0 Å². The highest BCUT2D eigenvalue weighted by Crippen LogP contribution is 2.30. The van der Waals surface area contributed by atoms with E-state index < -0.39 is 0 Å². The summed E-state index contributed by atoms with van der Waals surface area (Å²) in [6, 6.07) is 11.2. The summed E-state index contributed by atoms with van der Waals surface area (Å²) in [6.45, 7) is 8.25. The SMILES string of the molecule is CCNC(CC)C(=O)Nc1cc(-c2ncnc(C(C)=N)c2NC)cc(C#Cc2ccc3c(C)nccc3c2)n1. The van der Waals surface area contributed by atoms with Crippen molar-refractivity contribution in [2.45, 2.75) is 40.2 Å². The molecular formula is C30H32N8O. The smallest absolute Gasteiger partial charge is 0.242 e. The minimum atomic E-state index is -0.343. The van der Waals surface area contributed by atoms with E-state index in [9.17, 15) is 4.79 Å². The van der Waals surface area contributed by atoms with Crippen LogP contribution in [-0.4, -0.2) is 51.2 Å². The molecule has 0 aliphatic rings. The van der Waals surface area contributed by atoms with Gasteiger partial charge >= 0.3 is 0 Å². The molecule has 4 rings (SSSR count). The lowest BCUT2D eigenvalue weighted by Crippen LogP contribution is -2.40. The van der Waals surface area contributed by atoms with Gasteiger partial charge < -0.3 is 21.4 Å². The molecule has 0 fully saturated rings. The number of likely N-dealkylation sites (N-methyl/N-ethyl adjacent to an activating group) is 1. The number of fused-ring (bicyclic) bond motifs is 1. The Morgan fingerprint density at radius 2 is 1.90 bits per heavy atom. The molecule has 0 radical (unpaired) electrons. The van der Waals surface area contributed by atoms with Gasteiger partial charge in [0, 0.05) is 35.5 Å². The lowest BCUT2D eigenvalue weighted by Gasteiger charge is -2.16. The van der Waals surface area contributed by atoms with Crippen LogP contribution in [0.2, 0.25) is 0 Å². The fourth-order valence-corrected chi connectivity index (χ4v) is 4.35. The van der Waals surface area contributed by atoms with Gasteiger partial charge in [0.15, 0.2) is 0 Å². The molecule has 9 nitrogen and oxygen atoms in total. The number of hydrogen-bond acceptors (Lipinski definition) is 8. The summed E-state index contributed by atoms with van der Waals surface area (Å²) in [5, 5.41) is 19.5. The minimum Gasteiger partial charge on any atom is -0.385 e. The number of anilines is 2. The highest BCUT2D eigenvalue weighted by Gasteiger charge is 2.18. The first-order valence-electron chi connectivity index (χ1n) is 12.9. The molecule has 0 bridgehead atoms. The zero-order valence-corrected chi connectivity index (χ0v) is 22.8. The van der Waals surface area contributed by atoms with E-state index in [4.69, 9.17) is 5.41 Å². The molecular weight excluding hydrogens is 488 g/mol. The van der Waals surface area contributed by atoms with Crippen LogP contribution in [0.15, 0.2) is 48.9 Å². The maximum absolute atomic E-state index is 13.0. The molecule has 1 aromatic carbocycles. The second kappa shape index (κ2) is 12.2. The largest absolute Gasteiger partial charge is 0.385 e. The molecule has 1 amide bonds. The number of nitrogens with zero attached hydrogens (tertiary/aromatic N) is 4. The highest BCUT2D eigenvalue weighted by atomic mass is 16.2. The third-order valence-electron chi connectivity index (χ3n) is 6.28. The topological polar surface area (TPSA) is 129 Å². The van der Waals surface area contributed by atoms with Gasteiger partial charge in [-0.15, -0.1) is 0 Å². The first-order chi connectivity index (χ1) is 18.8. The van der Waals surface area contributed by atoms with Gasteiger partial charge in [0.05, 0.1) is 23.1 Å². The van der Waals surface area contributed by atoms with Crippen molar-refractivity contribution in [2.75, 3.05) is 24.2 Å². The summed E-state index contributed by atoms with van der Waals surface area (Å²) >= 11 is 0. The maximum Gasteiger partial charge on any atom is 0.242 e. The monoisotopic (exact) mass is 520 g/mol. The fraction of sp³-hybridized carbons (Fsp3) is 0.267. The maximum atomic E-state index is 13.0. The Hall–Kier alpha value is -4.68. The second-order valence-corrected chi connectivity index (χ2v) is 9.04. The molecule has 198 valence electrons. The first-order valence-corrected chi connectivity index (χ1v) is 12.9. The van der Waals surface area contributed by atoms with Gasteiger partial charge in [0.1, 0.15) is 23.5 Å².